The standard InChI is InChI=1S/C46H50N10O6/c1-45(2)43(46(3,4)44(45)62-35-11-7-28(23-47)38-31(35)6-5-15-48-38)52-39(58)33-24-50-36(25-49-33)55-16-13-27(14-17-55)26-53-18-20-54(21-19-53)29-8-9-30-32(22-29)42(61)56(41(30)60)34-10-12-37(57)51-40(34)59/h5-9,11,15,22,24-25,27,34,43-44H,10,12-14,16-21,26H2,1-4H3,(H,52,58)(H,51,57,59). The third kappa shape index (κ3) is 7.17. The lowest BCUT2D eigenvalue weighted by molar-refractivity contribution is -0.163. The van der Waals surface area contributed by atoms with Crippen LogP contribution in [0.2, 0.25) is 0 Å². The number of pyridine rings is 1. The Hall–Kier alpha value is -6.47. The van der Waals surface area contributed by atoms with Crippen molar-refractivity contribution in [1.29, 1.82) is 5.26 Å². The fourth-order valence-corrected chi connectivity index (χ4v) is 10.6. The summed E-state index contributed by atoms with van der Waals surface area (Å²) in [5, 5.41) is 15.8. The summed E-state index contributed by atoms with van der Waals surface area (Å²) in [7, 11) is 0. The number of benzene rings is 2. The van der Waals surface area contributed by atoms with Crippen molar-refractivity contribution in [2.75, 3.05) is 55.6 Å². The number of piperazine rings is 1. The number of piperidine rings is 2. The lowest BCUT2D eigenvalue weighted by Crippen LogP contribution is -2.74. The maximum absolute atomic E-state index is 13.5. The minimum atomic E-state index is -0.982. The molecule has 0 spiro atoms. The van der Waals surface area contributed by atoms with Crippen molar-refractivity contribution >= 4 is 51.9 Å². The molecule has 2 N–H and O–H groups in total. The highest BCUT2D eigenvalue weighted by Gasteiger charge is 2.64. The molecule has 2 aromatic heterocycles. The molecule has 16 nitrogen and oxygen atoms in total. The molecule has 0 radical (unpaired) electrons. The van der Waals surface area contributed by atoms with E-state index in [1.165, 1.54) is 0 Å². The van der Waals surface area contributed by atoms with Crippen molar-refractivity contribution < 1.29 is 28.7 Å². The Balaban J connectivity index is 0.740. The second-order valence-electron chi connectivity index (χ2n) is 18.3. The fraction of sp³-hybridized carbons (Fsp3) is 0.457. The van der Waals surface area contributed by atoms with Crippen LogP contribution in [-0.4, -0.2) is 118 Å². The maximum atomic E-state index is 13.5. The average Bonchev–Trinajstić information content (AvgIpc) is 3.52. The van der Waals surface area contributed by atoms with Crippen molar-refractivity contribution in [1.82, 2.24) is 35.4 Å². The van der Waals surface area contributed by atoms with Gasteiger partial charge in [0.25, 0.3) is 17.7 Å². The first kappa shape index (κ1) is 40.9. The average molecular weight is 839 g/mol. The molecule has 3 saturated heterocycles. The van der Waals surface area contributed by atoms with Gasteiger partial charge in [-0.25, -0.2) is 9.97 Å². The summed E-state index contributed by atoms with van der Waals surface area (Å²) in [5.41, 5.74) is 1.98. The van der Waals surface area contributed by atoms with Crippen molar-refractivity contribution in [3.8, 4) is 11.8 Å². The number of anilines is 2. The molecule has 16 heteroatoms. The zero-order chi connectivity index (χ0) is 43.5. The van der Waals surface area contributed by atoms with Crippen LogP contribution in [0.25, 0.3) is 10.9 Å². The second kappa shape index (κ2) is 15.8. The number of imide groups is 2. The Morgan fingerprint density at radius 2 is 1.61 bits per heavy atom. The molecule has 4 aliphatic heterocycles. The second-order valence-corrected chi connectivity index (χ2v) is 18.3. The lowest BCUT2D eigenvalue weighted by Gasteiger charge is -2.63. The van der Waals surface area contributed by atoms with Crippen molar-refractivity contribution in [3.05, 3.63) is 83.4 Å². The molecule has 1 unspecified atom stereocenters. The van der Waals surface area contributed by atoms with Crippen LogP contribution in [0.5, 0.6) is 5.75 Å². The summed E-state index contributed by atoms with van der Waals surface area (Å²) >= 11 is 0. The largest absolute Gasteiger partial charge is 0.488 e. The highest BCUT2D eigenvalue weighted by Crippen LogP contribution is 2.56. The quantitative estimate of drug-likeness (QED) is 0.231. The third-order valence-electron chi connectivity index (χ3n) is 13.7. The van der Waals surface area contributed by atoms with Gasteiger partial charge in [0.15, 0.2) is 0 Å². The molecule has 1 aliphatic carbocycles. The van der Waals surface area contributed by atoms with Gasteiger partial charge in [-0.1, -0.05) is 27.7 Å². The summed E-state index contributed by atoms with van der Waals surface area (Å²) in [4.78, 5) is 85.7. The first-order chi connectivity index (χ1) is 29.7. The molecule has 6 heterocycles. The van der Waals surface area contributed by atoms with E-state index in [-0.39, 0.29) is 42.2 Å². The topological polar surface area (TPSA) is 194 Å². The van der Waals surface area contributed by atoms with E-state index in [1.54, 1.807) is 36.8 Å². The van der Waals surface area contributed by atoms with Gasteiger partial charge in [-0.15, -0.1) is 0 Å². The van der Waals surface area contributed by atoms with E-state index in [9.17, 15) is 29.2 Å². The van der Waals surface area contributed by atoms with E-state index in [2.05, 4.69) is 74.0 Å². The van der Waals surface area contributed by atoms with Crippen LogP contribution in [0.4, 0.5) is 11.5 Å². The number of hydrogen-bond donors (Lipinski definition) is 2. The summed E-state index contributed by atoms with van der Waals surface area (Å²) in [6.07, 6.45) is 6.93. The molecule has 1 atom stereocenters. The van der Waals surface area contributed by atoms with Crippen LogP contribution in [0.15, 0.2) is 61.1 Å². The van der Waals surface area contributed by atoms with E-state index in [0.717, 1.165) is 80.4 Å². The van der Waals surface area contributed by atoms with Gasteiger partial charge in [0.05, 0.1) is 34.6 Å². The zero-order valence-corrected chi connectivity index (χ0v) is 35.4. The SMILES string of the molecule is CC1(C)C(NC(=O)c2cnc(N3CCC(CN4CCN(c5ccc6c(c5)C(=O)N(C5CCC(=O)NC5=O)C6=O)CC4)CC3)cn2)C(C)(C)C1Oc1ccc(C#N)c2ncccc12. The molecule has 0 bridgehead atoms. The lowest BCUT2D eigenvalue weighted by atomic mass is 9.49. The summed E-state index contributed by atoms with van der Waals surface area (Å²) in [6, 6.07) is 13.6. The van der Waals surface area contributed by atoms with Gasteiger partial charge in [0, 0.05) is 86.4 Å². The Kier molecular flexibility index (Phi) is 10.4. The number of carbonyl (C=O) groups excluding carboxylic acids is 5. The highest BCUT2D eigenvalue weighted by atomic mass is 16.5. The third-order valence-corrected chi connectivity index (χ3v) is 13.7. The number of aromatic nitrogens is 3. The van der Waals surface area contributed by atoms with Crippen molar-refractivity contribution in [2.24, 2.45) is 16.7 Å². The molecule has 9 rings (SSSR count). The van der Waals surface area contributed by atoms with Gasteiger partial charge in [0.1, 0.15) is 35.5 Å². The Bertz CT molecular complexity index is 2500. The number of rotatable bonds is 9. The van der Waals surface area contributed by atoms with Crippen LogP contribution in [-0.2, 0) is 9.59 Å². The Morgan fingerprint density at radius 3 is 2.31 bits per heavy atom. The number of nitrogens with one attached hydrogen (secondary N) is 2. The van der Waals surface area contributed by atoms with E-state index >= 15 is 0 Å². The molecule has 5 amide bonds. The van der Waals surface area contributed by atoms with Gasteiger partial charge >= 0.3 is 0 Å². The molecule has 2 aromatic carbocycles. The molecule has 4 fully saturated rings. The zero-order valence-electron chi connectivity index (χ0n) is 35.4. The van der Waals surface area contributed by atoms with Gasteiger partial charge < -0.3 is 19.9 Å². The Labute approximate surface area is 359 Å². The van der Waals surface area contributed by atoms with Crippen LogP contribution in [0.1, 0.15) is 90.1 Å². The van der Waals surface area contributed by atoms with Crippen LogP contribution in [0.3, 0.4) is 0 Å². The number of fused-ring (bicyclic) bond motifs is 2. The van der Waals surface area contributed by atoms with Crippen LogP contribution >= 0.6 is 0 Å². The fourth-order valence-electron chi connectivity index (χ4n) is 10.6. The van der Waals surface area contributed by atoms with E-state index in [1.807, 2.05) is 24.3 Å². The minimum absolute atomic E-state index is 0.0849. The molecule has 320 valence electrons. The smallest absolute Gasteiger partial charge is 0.271 e. The van der Waals surface area contributed by atoms with E-state index in [0.29, 0.717) is 28.3 Å². The molecule has 1 saturated carbocycles. The van der Waals surface area contributed by atoms with E-state index in [4.69, 9.17) is 4.74 Å². The first-order valence-corrected chi connectivity index (χ1v) is 21.4. The molecule has 5 aliphatic rings. The molecular weight excluding hydrogens is 789 g/mol. The predicted molar refractivity (Wildman–Crippen MR) is 228 cm³/mol. The molecule has 4 aromatic rings. The molecule has 62 heavy (non-hydrogen) atoms. The number of ether oxygens (including phenoxy) is 1. The van der Waals surface area contributed by atoms with Gasteiger partial charge in [-0.2, -0.15) is 5.26 Å². The Morgan fingerprint density at radius 1 is 0.871 bits per heavy atom. The summed E-state index contributed by atoms with van der Waals surface area (Å²) in [5.74, 6) is -0.338. The van der Waals surface area contributed by atoms with Crippen LogP contribution in [0, 0.1) is 28.1 Å². The highest BCUT2D eigenvalue weighted by molar-refractivity contribution is 6.23. The minimum Gasteiger partial charge on any atom is -0.488 e. The van der Waals surface area contributed by atoms with Gasteiger partial charge in [0.2, 0.25) is 11.8 Å². The van der Waals surface area contributed by atoms with Crippen LogP contribution < -0.4 is 25.2 Å². The normalized spacial score (nSPS) is 23.7. The number of hydrogen-bond acceptors (Lipinski definition) is 13. The summed E-state index contributed by atoms with van der Waals surface area (Å²) < 4.78 is 6.63. The first-order valence-electron chi connectivity index (χ1n) is 21.4. The number of nitriles is 1. The number of amides is 5. The molecular formula is C46H50N10O6. The van der Waals surface area contributed by atoms with Crippen molar-refractivity contribution in [2.45, 2.75) is 71.6 Å². The van der Waals surface area contributed by atoms with Gasteiger partial charge in [-0.05, 0) is 67.6 Å². The van der Waals surface area contributed by atoms with Gasteiger partial charge in [-0.3, -0.25) is 44.1 Å². The number of carbonyl (C=O) groups is 5. The summed E-state index contributed by atoms with van der Waals surface area (Å²) in [6.45, 7) is 14.3. The predicted octanol–water partition coefficient (Wildman–Crippen LogP) is 3.95. The number of nitrogens with zero attached hydrogens (tertiary/aromatic N) is 8. The maximum Gasteiger partial charge on any atom is 0.271 e. The van der Waals surface area contributed by atoms with E-state index < -0.39 is 40.5 Å². The van der Waals surface area contributed by atoms with Crippen molar-refractivity contribution in [3.63, 3.8) is 0 Å². The monoisotopic (exact) mass is 838 g/mol.